The summed E-state index contributed by atoms with van der Waals surface area (Å²) in [4.78, 5) is -0.254. The van der Waals surface area contributed by atoms with E-state index < -0.39 is 10.1 Å². The van der Waals surface area contributed by atoms with Crippen LogP contribution in [0.5, 0.6) is 17.2 Å². The van der Waals surface area contributed by atoms with Crippen LogP contribution in [0.1, 0.15) is 0 Å². The molecule has 20 heavy (non-hydrogen) atoms. The highest BCUT2D eigenvalue weighted by Gasteiger charge is 2.21. The fourth-order valence-corrected chi connectivity index (χ4v) is 2.39. The van der Waals surface area contributed by atoms with Gasteiger partial charge in [-0.05, 0) is 18.2 Å². The molecule has 0 aromatic heterocycles. The highest BCUT2D eigenvalue weighted by molar-refractivity contribution is 7.85. The SMILES string of the molecule is Nc1cc2c(cc1O)Nc1cc(S(=O)(=O)O)ccc1O2. The molecule has 0 saturated carbocycles. The first-order valence-electron chi connectivity index (χ1n) is 5.53. The Morgan fingerprint density at radius 2 is 1.80 bits per heavy atom. The quantitative estimate of drug-likeness (QED) is 0.308. The number of hydrogen-bond donors (Lipinski definition) is 4. The molecule has 1 heterocycles. The second kappa shape index (κ2) is 4.02. The number of aromatic hydroxyl groups is 1. The molecule has 2 aromatic rings. The minimum absolute atomic E-state index is 0.116. The second-order valence-electron chi connectivity index (χ2n) is 4.27. The summed E-state index contributed by atoms with van der Waals surface area (Å²) in [5.74, 6) is 0.677. The van der Waals surface area contributed by atoms with E-state index in [1.54, 1.807) is 0 Å². The minimum atomic E-state index is -4.29. The van der Waals surface area contributed by atoms with Gasteiger partial charge >= 0.3 is 0 Å². The number of phenolic OH excluding ortho intramolecular Hbond substituents is 1. The third-order valence-corrected chi connectivity index (χ3v) is 3.72. The Kier molecular flexibility index (Phi) is 2.53. The van der Waals surface area contributed by atoms with Crippen LogP contribution in [0.25, 0.3) is 0 Å². The van der Waals surface area contributed by atoms with Crippen LogP contribution in [0.3, 0.4) is 0 Å². The van der Waals surface area contributed by atoms with E-state index in [9.17, 15) is 13.5 Å². The summed E-state index contributed by atoms with van der Waals surface area (Å²) in [6.45, 7) is 0. The largest absolute Gasteiger partial charge is 0.506 e. The topological polar surface area (TPSA) is 122 Å². The standard InChI is InChI=1S/C12H10N2O5S/c13-7-4-12-9(5-10(7)15)14-8-3-6(20(16,17)18)1-2-11(8)19-12/h1-5,14-15H,13H2,(H,16,17,18). The van der Waals surface area contributed by atoms with Crippen molar-refractivity contribution in [2.24, 2.45) is 0 Å². The van der Waals surface area contributed by atoms with Crippen LogP contribution in [0, 0.1) is 0 Å². The molecule has 3 rings (SSSR count). The van der Waals surface area contributed by atoms with Gasteiger partial charge in [-0.2, -0.15) is 8.42 Å². The molecule has 0 aliphatic carbocycles. The molecule has 0 fully saturated rings. The third-order valence-electron chi connectivity index (χ3n) is 2.87. The van der Waals surface area contributed by atoms with Crippen molar-refractivity contribution in [3.05, 3.63) is 30.3 Å². The van der Waals surface area contributed by atoms with Gasteiger partial charge in [-0.3, -0.25) is 4.55 Å². The number of ether oxygens (including phenoxy) is 1. The lowest BCUT2D eigenvalue weighted by Crippen LogP contribution is -2.06. The number of nitrogens with two attached hydrogens (primary N) is 1. The first-order valence-corrected chi connectivity index (χ1v) is 6.97. The minimum Gasteiger partial charge on any atom is -0.506 e. The van der Waals surface area contributed by atoms with Crippen molar-refractivity contribution < 1.29 is 22.8 Å². The number of benzene rings is 2. The van der Waals surface area contributed by atoms with E-state index in [0.29, 0.717) is 22.9 Å². The van der Waals surface area contributed by atoms with Crippen molar-refractivity contribution in [3.63, 3.8) is 0 Å². The molecule has 0 spiro atoms. The molecule has 0 atom stereocenters. The molecule has 5 N–H and O–H groups in total. The monoisotopic (exact) mass is 294 g/mol. The van der Waals surface area contributed by atoms with Crippen molar-refractivity contribution in [2.45, 2.75) is 4.90 Å². The number of rotatable bonds is 1. The first-order chi connectivity index (χ1) is 9.34. The highest BCUT2D eigenvalue weighted by Crippen LogP contribution is 2.45. The molecule has 0 radical (unpaired) electrons. The van der Waals surface area contributed by atoms with E-state index in [2.05, 4.69) is 5.32 Å². The summed E-state index contributed by atoms with van der Waals surface area (Å²) < 4.78 is 36.8. The molecule has 8 heteroatoms. The molecule has 0 amide bonds. The zero-order valence-electron chi connectivity index (χ0n) is 9.99. The third kappa shape index (κ3) is 2.00. The van der Waals surface area contributed by atoms with Crippen LogP contribution in [0.2, 0.25) is 0 Å². The Bertz CT molecular complexity index is 817. The summed E-state index contributed by atoms with van der Waals surface area (Å²) in [5, 5.41) is 12.5. The van der Waals surface area contributed by atoms with Gasteiger partial charge in [0.05, 0.1) is 22.0 Å². The predicted molar refractivity (Wildman–Crippen MR) is 72.1 cm³/mol. The second-order valence-corrected chi connectivity index (χ2v) is 5.69. The number of nitrogens with one attached hydrogen (secondary N) is 1. The molecule has 0 unspecified atom stereocenters. The van der Waals surface area contributed by atoms with Crippen LogP contribution in [0.15, 0.2) is 35.2 Å². The van der Waals surface area contributed by atoms with Gasteiger partial charge in [0.25, 0.3) is 10.1 Å². The molecule has 7 nitrogen and oxygen atoms in total. The fourth-order valence-electron chi connectivity index (χ4n) is 1.89. The molecule has 0 bridgehead atoms. The Hall–Kier alpha value is -2.45. The number of phenols is 1. The summed E-state index contributed by atoms with van der Waals surface area (Å²) in [6.07, 6.45) is 0. The van der Waals surface area contributed by atoms with Gasteiger partial charge in [-0.25, -0.2) is 0 Å². The number of anilines is 3. The fraction of sp³-hybridized carbons (Fsp3) is 0. The Labute approximate surface area is 114 Å². The van der Waals surface area contributed by atoms with Gasteiger partial charge < -0.3 is 20.9 Å². The maximum absolute atomic E-state index is 11.1. The van der Waals surface area contributed by atoms with Crippen LogP contribution in [-0.4, -0.2) is 18.1 Å². The average molecular weight is 294 g/mol. The van der Waals surface area contributed by atoms with Gasteiger partial charge in [0.2, 0.25) is 0 Å². The Morgan fingerprint density at radius 1 is 1.10 bits per heavy atom. The molecule has 0 saturated heterocycles. The van der Waals surface area contributed by atoms with Crippen LogP contribution < -0.4 is 15.8 Å². The molecule has 2 aromatic carbocycles. The summed E-state index contributed by atoms with van der Waals surface area (Å²) >= 11 is 0. The zero-order valence-corrected chi connectivity index (χ0v) is 10.8. The Morgan fingerprint density at radius 3 is 2.50 bits per heavy atom. The number of hydrogen-bond acceptors (Lipinski definition) is 6. The lowest BCUT2D eigenvalue weighted by molar-refractivity contribution is 0.465. The van der Waals surface area contributed by atoms with Gasteiger partial charge in [-0.15, -0.1) is 0 Å². The van der Waals surface area contributed by atoms with Crippen LogP contribution >= 0.6 is 0 Å². The van der Waals surface area contributed by atoms with Crippen molar-refractivity contribution in [1.29, 1.82) is 0 Å². The molecule has 1 aliphatic heterocycles. The highest BCUT2D eigenvalue weighted by atomic mass is 32.2. The Balaban J connectivity index is 2.09. The summed E-state index contributed by atoms with van der Waals surface area (Å²) in [7, 11) is -4.29. The maximum Gasteiger partial charge on any atom is 0.294 e. The van der Waals surface area contributed by atoms with Crippen LogP contribution in [-0.2, 0) is 10.1 Å². The lowest BCUT2D eigenvalue weighted by atomic mass is 10.2. The zero-order chi connectivity index (χ0) is 14.5. The predicted octanol–water partition coefficient (Wildman–Crippen LogP) is 2.07. The maximum atomic E-state index is 11.1. The number of fused-ring (bicyclic) bond motifs is 2. The van der Waals surface area contributed by atoms with E-state index in [1.165, 1.54) is 30.3 Å². The van der Waals surface area contributed by atoms with E-state index in [4.69, 9.17) is 15.0 Å². The van der Waals surface area contributed by atoms with E-state index in [0.717, 1.165) is 0 Å². The van der Waals surface area contributed by atoms with Gasteiger partial charge in [-0.1, -0.05) is 0 Å². The van der Waals surface area contributed by atoms with E-state index in [1.807, 2.05) is 0 Å². The van der Waals surface area contributed by atoms with Gasteiger partial charge in [0.15, 0.2) is 11.5 Å². The van der Waals surface area contributed by atoms with Crippen molar-refractivity contribution in [3.8, 4) is 17.2 Å². The van der Waals surface area contributed by atoms with E-state index >= 15 is 0 Å². The van der Waals surface area contributed by atoms with Gasteiger partial charge in [0, 0.05) is 12.1 Å². The summed E-state index contributed by atoms with van der Waals surface area (Å²) in [6, 6.07) is 6.70. The smallest absolute Gasteiger partial charge is 0.294 e. The molecule has 104 valence electrons. The van der Waals surface area contributed by atoms with Crippen molar-refractivity contribution in [2.75, 3.05) is 11.1 Å². The normalized spacial score (nSPS) is 12.8. The number of nitrogen functional groups attached to an aromatic ring is 1. The molecular formula is C12H10N2O5S. The molecular weight excluding hydrogens is 284 g/mol. The first kappa shape index (κ1) is 12.6. The summed E-state index contributed by atoms with van der Waals surface area (Å²) in [5.41, 5.74) is 6.54. The van der Waals surface area contributed by atoms with Crippen molar-refractivity contribution >= 4 is 27.2 Å². The van der Waals surface area contributed by atoms with Crippen LogP contribution in [0.4, 0.5) is 17.1 Å². The van der Waals surface area contributed by atoms with Crippen molar-refractivity contribution in [1.82, 2.24) is 0 Å². The molecule has 1 aliphatic rings. The lowest BCUT2D eigenvalue weighted by Gasteiger charge is -2.22. The van der Waals surface area contributed by atoms with Gasteiger partial charge in [0.1, 0.15) is 5.75 Å². The average Bonchev–Trinajstić information content (AvgIpc) is 2.36. The van der Waals surface area contributed by atoms with E-state index in [-0.39, 0.29) is 16.3 Å².